The van der Waals surface area contributed by atoms with Crippen molar-refractivity contribution in [2.45, 2.75) is 0 Å². The molecule has 50 heavy (non-hydrogen) atoms. The summed E-state index contributed by atoms with van der Waals surface area (Å²) in [6, 6.07) is 59.4. The lowest BCUT2D eigenvalue weighted by atomic mass is 9.96. The van der Waals surface area contributed by atoms with E-state index in [0.717, 1.165) is 44.4 Å². The van der Waals surface area contributed by atoms with Crippen molar-refractivity contribution >= 4 is 113 Å². The van der Waals surface area contributed by atoms with E-state index in [1.54, 1.807) is 0 Å². The Balaban J connectivity index is 1.28. The third-order valence-corrected chi connectivity index (χ3v) is 12.3. The van der Waals surface area contributed by atoms with Crippen LogP contribution in [-0.4, -0.2) is 0 Å². The molecule has 3 aromatic heterocycles. The number of rotatable bonds is 4. The second-order valence-corrected chi connectivity index (χ2v) is 15.0. The first-order valence-corrected chi connectivity index (χ1v) is 18.5. The van der Waals surface area contributed by atoms with Crippen molar-refractivity contribution in [2.24, 2.45) is 0 Å². The Bertz CT molecular complexity index is 3130. The number of thiophene rings is 2. The van der Waals surface area contributed by atoms with E-state index in [1.165, 1.54) is 56.9 Å². The summed E-state index contributed by atoms with van der Waals surface area (Å²) in [6.45, 7) is 0. The molecule has 234 valence electrons. The monoisotopic (exact) mass is 673 g/mol. The van der Waals surface area contributed by atoms with Crippen LogP contribution in [0.25, 0.3) is 84.2 Å². The van der Waals surface area contributed by atoms with Gasteiger partial charge in [0.1, 0.15) is 11.2 Å². The Morgan fingerprint density at radius 2 is 0.920 bits per heavy atom. The number of fused-ring (bicyclic) bond motifs is 11. The molecule has 4 heteroatoms. The highest BCUT2D eigenvalue weighted by Crippen LogP contribution is 2.51. The highest BCUT2D eigenvalue weighted by molar-refractivity contribution is 7.26. The molecule has 11 rings (SSSR count). The first kappa shape index (κ1) is 28.0. The van der Waals surface area contributed by atoms with E-state index in [0.29, 0.717) is 0 Å². The van der Waals surface area contributed by atoms with Crippen molar-refractivity contribution in [3.05, 3.63) is 164 Å². The Labute approximate surface area is 295 Å². The molecule has 0 fully saturated rings. The summed E-state index contributed by atoms with van der Waals surface area (Å²) >= 11 is 3.72. The fourth-order valence-corrected chi connectivity index (χ4v) is 10.2. The Morgan fingerprint density at radius 3 is 1.74 bits per heavy atom. The molecule has 0 saturated heterocycles. The van der Waals surface area contributed by atoms with E-state index in [9.17, 15) is 0 Å². The molecule has 0 unspecified atom stereocenters. The van der Waals surface area contributed by atoms with Crippen molar-refractivity contribution in [2.75, 3.05) is 4.90 Å². The lowest BCUT2D eigenvalue weighted by Crippen LogP contribution is -2.12. The number of hydrogen-bond acceptors (Lipinski definition) is 4. The standard InChI is InChI=1S/C46H27NOS2/c1-2-13-29-28(12-1)26-27-34-44-36(19-10-21-38(44)48-46(29)34)47(37-20-11-25-42-45(37)33-16-5-8-23-40(33)50-42)35-18-6-3-14-30(35)31-17-9-24-41-43(31)32-15-4-7-22-39(32)49-41/h1-27H. The van der Waals surface area contributed by atoms with Gasteiger partial charge in [0.25, 0.3) is 0 Å². The second kappa shape index (κ2) is 10.8. The van der Waals surface area contributed by atoms with E-state index in [4.69, 9.17) is 4.42 Å². The first-order chi connectivity index (χ1) is 24.8. The van der Waals surface area contributed by atoms with Gasteiger partial charge in [-0.1, -0.05) is 109 Å². The molecule has 0 spiro atoms. The summed E-state index contributed by atoms with van der Waals surface area (Å²) in [4.78, 5) is 2.50. The van der Waals surface area contributed by atoms with Gasteiger partial charge in [0.15, 0.2) is 0 Å². The van der Waals surface area contributed by atoms with E-state index in [2.05, 4.69) is 169 Å². The fourth-order valence-electron chi connectivity index (χ4n) is 7.95. The molecule has 0 bridgehead atoms. The van der Waals surface area contributed by atoms with Gasteiger partial charge in [-0.15, -0.1) is 22.7 Å². The third-order valence-electron chi connectivity index (χ3n) is 10.1. The van der Waals surface area contributed by atoms with Crippen LogP contribution >= 0.6 is 22.7 Å². The maximum Gasteiger partial charge on any atom is 0.143 e. The lowest BCUT2D eigenvalue weighted by molar-refractivity contribution is 0.672. The molecule has 0 aliphatic carbocycles. The zero-order chi connectivity index (χ0) is 32.8. The number of hydrogen-bond donors (Lipinski definition) is 0. The molecule has 11 aromatic rings. The minimum atomic E-state index is 0.879. The van der Waals surface area contributed by atoms with Crippen LogP contribution < -0.4 is 4.90 Å². The zero-order valence-electron chi connectivity index (χ0n) is 26.8. The van der Waals surface area contributed by atoms with Gasteiger partial charge in [-0.25, -0.2) is 0 Å². The normalized spacial score (nSPS) is 12.0. The van der Waals surface area contributed by atoms with Crippen molar-refractivity contribution < 1.29 is 4.42 Å². The van der Waals surface area contributed by atoms with Gasteiger partial charge in [-0.2, -0.15) is 0 Å². The second-order valence-electron chi connectivity index (χ2n) is 12.8. The molecule has 0 saturated carbocycles. The van der Waals surface area contributed by atoms with Crippen LogP contribution in [0.3, 0.4) is 0 Å². The highest BCUT2D eigenvalue weighted by atomic mass is 32.1. The van der Waals surface area contributed by atoms with Crippen LogP contribution in [-0.2, 0) is 0 Å². The smallest absolute Gasteiger partial charge is 0.143 e. The number of para-hydroxylation sites is 1. The lowest BCUT2D eigenvalue weighted by Gasteiger charge is -2.29. The Morgan fingerprint density at radius 1 is 0.360 bits per heavy atom. The van der Waals surface area contributed by atoms with Gasteiger partial charge in [-0.3, -0.25) is 0 Å². The molecule has 0 aliphatic rings. The molecular weight excluding hydrogens is 647 g/mol. The quantitative estimate of drug-likeness (QED) is 0.185. The van der Waals surface area contributed by atoms with Crippen molar-refractivity contribution in [3.63, 3.8) is 0 Å². The summed E-state index contributed by atoms with van der Waals surface area (Å²) in [6.07, 6.45) is 0. The van der Waals surface area contributed by atoms with Crippen LogP contribution in [0.15, 0.2) is 168 Å². The molecular formula is C46H27NOS2. The molecule has 0 atom stereocenters. The number of nitrogens with zero attached hydrogens (tertiary/aromatic N) is 1. The van der Waals surface area contributed by atoms with E-state index >= 15 is 0 Å². The highest BCUT2D eigenvalue weighted by Gasteiger charge is 2.25. The minimum absolute atomic E-state index is 0.879. The third kappa shape index (κ3) is 4.01. The zero-order valence-corrected chi connectivity index (χ0v) is 28.4. The summed E-state index contributed by atoms with van der Waals surface area (Å²) < 4.78 is 11.9. The molecule has 0 radical (unpaired) electrons. The van der Waals surface area contributed by atoms with Gasteiger partial charge in [0.2, 0.25) is 0 Å². The number of anilines is 3. The average Bonchev–Trinajstić information content (AvgIpc) is 3.87. The van der Waals surface area contributed by atoms with Crippen molar-refractivity contribution in [1.82, 2.24) is 0 Å². The predicted molar refractivity (Wildman–Crippen MR) is 217 cm³/mol. The minimum Gasteiger partial charge on any atom is -0.455 e. The number of benzene rings is 8. The van der Waals surface area contributed by atoms with E-state index in [-0.39, 0.29) is 0 Å². The van der Waals surface area contributed by atoms with Gasteiger partial charge >= 0.3 is 0 Å². The molecule has 0 amide bonds. The van der Waals surface area contributed by atoms with Gasteiger partial charge in [-0.05, 0) is 65.5 Å². The molecule has 2 nitrogen and oxygen atoms in total. The fraction of sp³-hybridized carbons (Fsp3) is 0. The molecule has 0 N–H and O–H groups in total. The molecule has 8 aromatic carbocycles. The maximum absolute atomic E-state index is 6.76. The summed E-state index contributed by atoms with van der Waals surface area (Å²) in [5.41, 5.74) is 7.59. The van der Waals surface area contributed by atoms with Gasteiger partial charge < -0.3 is 9.32 Å². The molecule has 0 aliphatic heterocycles. The Hall–Kier alpha value is -5.94. The van der Waals surface area contributed by atoms with Crippen LogP contribution in [0.2, 0.25) is 0 Å². The maximum atomic E-state index is 6.76. The van der Waals surface area contributed by atoms with Gasteiger partial charge in [0.05, 0.1) is 22.4 Å². The number of furan rings is 1. The van der Waals surface area contributed by atoms with E-state index in [1.807, 2.05) is 22.7 Å². The van der Waals surface area contributed by atoms with Crippen LogP contribution in [0.1, 0.15) is 0 Å². The topological polar surface area (TPSA) is 16.4 Å². The largest absolute Gasteiger partial charge is 0.455 e. The van der Waals surface area contributed by atoms with Crippen LogP contribution in [0, 0.1) is 0 Å². The van der Waals surface area contributed by atoms with Gasteiger partial charge in [0, 0.05) is 56.7 Å². The SMILES string of the molecule is c1ccc(N(c2cccc3oc4c5ccccc5ccc4c23)c2cccc3sc4ccccc4c23)c(-c2cccc3sc4ccccc4c23)c1. The average molecular weight is 674 g/mol. The van der Waals surface area contributed by atoms with Crippen LogP contribution in [0.5, 0.6) is 0 Å². The Kier molecular flexibility index (Phi) is 6.03. The van der Waals surface area contributed by atoms with Crippen molar-refractivity contribution in [3.8, 4) is 11.1 Å². The summed E-state index contributed by atoms with van der Waals surface area (Å²) in [5.74, 6) is 0. The molecule has 3 heterocycles. The summed E-state index contributed by atoms with van der Waals surface area (Å²) in [7, 11) is 0. The van der Waals surface area contributed by atoms with Crippen LogP contribution in [0.4, 0.5) is 17.1 Å². The summed E-state index contributed by atoms with van der Waals surface area (Å²) in [5, 5.41) is 9.66. The van der Waals surface area contributed by atoms with E-state index < -0.39 is 0 Å². The first-order valence-electron chi connectivity index (χ1n) is 16.8. The van der Waals surface area contributed by atoms with Crippen molar-refractivity contribution in [1.29, 1.82) is 0 Å². The predicted octanol–water partition coefficient (Wildman–Crippen LogP) is 14.6.